The van der Waals surface area contributed by atoms with E-state index < -0.39 is 9.84 Å². The number of aromatic nitrogens is 1. The predicted octanol–water partition coefficient (Wildman–Crippen LogP) is 2.52. The van der Waals surface area contributed by atoms with Crippen LogP contribution in [0.3, 0.4) is 0 Å². The van der Waals surface area contributed by atoms with Crippen molar-refractivity contribution in [1.29, 1.82) is 0 Å². The van der Waals surface area contributed by atoms with Crippen molar-refractivity contribution in [1.82, 2.24) is 15.6 Å². The molecule has 0 aliphatic carbocycles. The lowest BCUT2D eigenvalue weighted by Gasteiger charge is -2.11. The molecule has 0 aliphatic rings. The maximum Gasteiger partial charge on any atom is 0.191 e. The van der Waals surface area contributed by atoms with Crippen molar-refractivity contribution in [3.8, 4) is 0 Å². The Labute approximate surface area is 176 Å². The molecule has 0 atom stereocenters. The fourth-order valence-electron chi connectivity index (χ4n) is 2.27. The average Bonchev–Trinajstić information content (AvgIpc) is 2.96. The molecule has 0 spiro atoms. The number of thiazole rings is 1. The van der Waals surface area contributed by atoms with Crippen molar-refractivity contribution >= 4 is 51.1 Å². The zero-order chi connectivity index (χ0) is 18.3. The smallest absolute Gasteiger partial charge is 0.191 e. The first-order chi connectivity index (χ1) is 11.9. The van der Waals surface area contributed by atoms with E-state index >= 15 is 0 Å². The van der Waals surface area contributed by atoms with Gasteiger partial charge in [0.15, 0.2) is 15.8 Å². The summed E-state index contributed by atoms with van der Waals surface area (Å²) in [5, 5.41) is 7.63. The Morgan fingerprint density at radius 3 is 2.38 bits per heavy atom. The Morgan fingerprint density at radius 1 is 1.19 bits per heavy atom. The van der Waals surface area contributed by atoms with Gasteiger partial charge in [-0.25, -0.2) is 13.4 Å². The van der Waals surface area contributed by atoms with Crippen LogP contribution in [0.1, 0.15) is 21.0 Å². The number of rotatable bonds is 7. The van der Waals surface area contributed by atoms with Crippen LogP contribution in [0.5, 0.6) is 0 Å². The second-order valence-corrected chi connectivity index (χ2v) is 9.31. The van der Waals surface area contributed by atoms with Gasteiger partial charge in [0.2, 0.25) is 0 Å². The Bertz CT molecular complexity index is 818. The third-order valence-corrected chi connectivity index (χ3v) is 5.27. The monoisotopic (exact) mass is 508 g/mol. The van der Waals surface area contributed by atoms with E-state index in [0.717, 1.165) is 35.1 Å². The van der Waals surface area contributed by atoms with E-state index in [0.29, 0.717) is 6.54 Å². The Balaban J connectivity index is 0.00000338. The molecule has 9 heteroatoms. The number of nitrogens with one attached hydrogen (secondary N) is 2. The molecule has 1 aromatic carbocycles. The van der Waals surface area contributed by atoms with Crippen LogP contribution in [-0.2, 0) is 28.6 Å². The summed E-state index contributed by atoms with van der Waals surface area (Å²) in [5.41, 5.74) is 1.86. The molecular formula is C17H25IN4O2S2. The maximum absolute atomic E-state index is 11.3. The molecule has 144 valence electrons. The summed E-state index contributed by atoms with van der Waals surface area (Å²) < 4.78 is 22.6. The van der Waals surface area contributed by atoms with Gasteiger partial charge >= 0.3 is 0 Å². The van der Waals surface area contributed by atoms with E-state index in [1.54, 1.807) is 18.4 Å². The highest BCUT2D eigenvalue weighted by Gasteiger charge is 2.05. The van der Waals surface area contributed by atoms with E-state index in [1.165, 1.54) is 11.1 Å². The minimum Gasteiger partial charge on any atom is -0.356 e. The molecule has 1 heterocycles. The first kappa shape index (κ1) is 22.8. The fourth-order valence-corrected chi connectivity index (χ4v) is 3.85. The summed E-state index contributed by atoms with van der Waals surface area (Å²) in [5.74, 6) is 0.800. The number of aliphatic imine (C=N–C) groups is 1. The second kappa shape index (κ2) is 10.8. The minimum atomic E-state index is -3.00. The lowest BCUT2D eigenvalue weighted by atomic mass is 10.1. The number of hydrogen-bond acceptors (Lipinski definition) is 5. The average molecular weight is 508 g/mol. The normalized spacial score (nSPS) is 11.7. The highest BCUT2D eigenvalue weighted by Crippen LogP contribution is 2.11. The summed E-state index contributed by atoms with van der Waals surface area (Å²) in [6.45, 7) is 3.44. The lowest BCUT2D eigenvalue weighted by molar-refractivity contribution is 0.601. The lowest BCUT2D eigenvalue weighted by Crippen LogP contribution is -2.37. The van der Waals surface area contributed by atoms with Crippen molar-refractivity contribution < 1.29 is 8.42 Å². The predicted molar refractivity (Wildman–Crippen MR) is 119 cm³/mol. The highest BCUT2D eigenvalue weighted by molar-refractivity contribution is 14.0. The third kappa shape index (κ3) is 8.45. The van der Waals surface area contributed by atoms with Gasteiger partial charge in [-0.15, -0.1) is 35.3 Å². The van der Waals surface area contributed by atoms with Crippen LogP contribution in [0.15, 0.2) is 35.5 Å². The Kier molecular flexibility index (Phi) is 9.51. The van der Waals surface area contributed by atoms with E-state index in [4.69, 9.17) is 0 Å². The molecule has 0 bridgehead atoms. The van der Waals surface area contributed by atoms with Crippen molar-refractivity contribution in [3.05, 3.63) is 51.5 Å². The molecule has 0 unspecified atom stereocenters. The van der Waals surface area contributed by atoms with Crippen LogP contribution in [0.2, 0.25) is 0 Å². The molecule has 26 heavy (non-hydrogen) atoms. The summed E-state index contributed by atoms with van der Waals surface area (Å²) >= 11 is 1.71. The maximum atomic E-state index is 11.3. The van der Waals surface area contributed by atoms with Crippen LogP contribution in [0.4, 0.5) is 0 Å². The second-order valence-electron chi connectivity index (χ2n) is 5.85. The van der Waals surface area contributed by atoms with Crippen LogP contribution in [0.25, 0.3) is 0 Å². The van der Waals surface area contributed by atoms with Crippen LogP contribution < -0.4 is 10.6 Å². The SMILES string of the molecule is CN=C(NCCc1ncc(C)s1)NCc1ccc(CS(C)(=O)=O)cc1.I. The molecule has 0 saturated heterocycles. The summed E-state index contributed by atoms with van der Waals surface area (Å²) in [4.78, 5) is 9.76. The number of halogens is 1. The van der Waals surface area contributed by atoms with E-state index in [1.807, 2.05) is 30.5 Å². The van der Waals surface area contributed by atoms with Crippen molar-refractivity contribution in [2.45, 2.75) is 25.6 Å². The van der Waals surface area contributed by atoms with Gasteiger partial charge < -0.3 is 10.6 Å². The molecule has 6 nitrogen and oxygen atoms in total. The largest absolute Gasteiger partial charge is 0.356 e. The van der Waals surface area contributed by atoms with Gasteiger partial charge in [0, 0.05) is 43.9 Å². The number of sulfone groups is 1. The molecule has 0 aliphatic heterocycles. The van der Waals surface area contributed by atoms with Gasteiger partial charge in [-0.1, -0.05) is 24.3 Å². The number of nitrogens with zero attached hydrogens (tertiary/aromatic N) is 2. The topological polar surface area (TPSA) is 83.4 Å². The molecule has 0 amide bonds. The molecule has 1 aromatic heterocycles. The van der Waals surface area contributed by atoms with Gasteiger partial charge in [-0.3, -0.25) is 4.99 Å². The standard InChI is InChI=1S/C17H24N4O2S2.HI/c1-13-10-20-16(24-13)8-9-19-17(18-2)21-11-14-4-6-15(7-5-14)12-25(3,22)23;/h4-7,10H,8-9,11-12H2,1-3H3,(H2,18,19,21);1H. The molecular weight excluding hydrogens is 483 g/mol. The fraction of sp³-hybridized carbons (Fsp3) is 0.412. The van der Waals surface area contributed by atoms with Crippen LogP contribution in [0, 0.1) is 6.92 Å². The molecule has 0 saturated carbocycles. The van der Waals surface area contributed by atoms with Crippen molar-refractivity contribution in [2.75, 3.05) is 19.8 Å². The van der Waals surface area contributed by atoms with Gasteiger partial charge in [0.25, 0.3) is 0 Å². The first-order valence-electron chi connectivity index (χ1n) is 7.97. The van der Waals surface area contributed by atoms with E-state index in [9.17, 15) is 8.42 Å². The highest BCUT2D eigenvalue weighted by atomic mass is 127. The molecule has 2 rings (SSSR count). The third-order valence-electron chi connectivity index (χ3n) is 3.44. The van der Waals surface area contributed by atoms with Gasteiger partial charge in [0.05, 0.1) is 10.8 Å². The Morgan fingerprint density at radius 2 is 1.85 bits per heavy atom. The number of benzene rings is 1. The van der Waals surface area contributed by atoms with Crippen molar-refractivity contribution in [2.24, 2.45) is 4.99 Å². The van der Waals surface area contributed by atoms with E-state index in [2.05, 4.69) is 27.5 Å². The number of aryl methyl sites for hydroxylation is 1. The van der Waals surface area contributed by atoms with Crippen LogP contribution in [-0.4, -0.2) is 39.2 Å². The first-order valence-corrected chi connectivity index (χ1v) is 10.8. The van der Waals surface area contributed by atoms with Gasteiger partial charge in [0.1, 0.15) is 0 Å². The van der Waals surface area contributed by atoms with E-state index in [-0.39, 0.29) is 29.7 Å². The van der Waals surface area contributed by atoms with Gasteiger partial charge in [-0.05, 0) is 18.1 Å². The molecule has 0 radical (unpaired) electrons. The molecule has 2 N–H and O–H groups in total. The summed E-state index contributed by atoms with van der Waals surface area (Å²) in [6, 6.07) is 7.55. The zero-order valence-corrected chi connectivity index (χ0v) is 19.1. The zero-order valence-electron chi connectivity index (χ0n) is 15.2. The molecule has 0 fully saturated rings. The minimum absolute atomic E-state index is 0. The van der Waals surface area contributed by atoms with Gasteiger partial charge in [-0.2, -0.15) is 0 Å². The Hall–Kier alpha value is -1.20. The molecule has 2 aromatic rings. The number of hydrogen-bond donors (Lipinski definition) is 2. The van der Waals surface area contributed by atoms with Crippen molar-refractivity contribution in [3.63, 3.8) is 0 Å². The quantitative estimate of drug-likeness (QED) is 0.341. The van der Waals surface area contributed by atoms with Crippen LogP contribution >= 0.6 is 35.3 Å². The summed E-state index contributed by atoms with van der Waals surface area (Å²) in [6.07, 6.45) is 3.99. The number of guanidine groups is 1. The summed E-state index contributed by atoms with van der Waals surface area (Å²) in [7, 11) is -1.27.